The van der Waals surface area contributed by atoms with E-state index in [-0.39, 0.29) is 5.54 Å². The molecule has 0 aliphatic rings. The first-order valence-electron chi connectivity index (χ1n) is 5.56. The normalized spacial score (nSPS) is 11.9. The van der Waals surface area contributed by atoms with Crippen LogP contribution >= 0.6 is 0 Å². The summed E-state index contributed by atoms with van der Waals surface area (Å²) in [5.74, 6) is -0.424. The number of anilines is 1. The van der Waals surface area contributed by atoms with Crippen molar-refractivity contribution in [2.24, 2.45) is 0 Å². The number of oxazole rings is 1. The predicted octanol–water partition coefficient (Wildman–Crippen LogP) is 1.53. The van der Waals surface area contributed by atoms with E-state index in [9.17, 15) is 4.79 Å². The third-order valence-electron chi connectivity index (χ3n) is 2.52. The molecule has 0 fully saturated rings. The Morgan fingerprint density at radius 3 is 2.88 bits per heavy atom. The summed E-state index contributed by atoms with van der Waals surface area (Å²) in [6.07, 6.45) is 0. The molecule has 2 aromatic rings. The maximum Gasteiger partial charge on any atom is 0.417 e. The van der Waals surface area contributed by atoms with Gasteiger partial charge in [-0.25, -0.2) is 4.79 Å². The van der Waals surface area contributed by atoms with Gasteiger partial charge in [-0.15, -0.1) is 0 Å². The van der Waals surface area contributed by atoms with Crippen LogP contribution in [-0.4, -0.2) is 24.1 Å². The zero-order valence-corrected chi connectivity index (χ0v) is 10.3. The zero-order chi connectivity index (χ0) is 12.5. The van der Waals surface area contributed by atoms with Gasteiger partial charge in [-0.05, 0) is 39.1 Å². The second kappa shape index (κ2) is 4.25. The van der Waals surface area contributed by atoms with Gasteiger partial charge in [0.25, 0.3) is 0 Å². The van der Waals surface area contributed by atoms with Crippen LogP contribution in [0.5, 0.6) is 0 Å². The second-order valence-electron chi connectivity index (χ2n) is 4.76. The lowest BCUT2D eigenvalue weighted by Crippen LogP contribution is -2.40. The Labute approximate surface area is 99.2 Å². The summed E-state index contributed by atoms with van der Waals surface area (Å²) in [4.78, 5) is 13.7. The van der Waals surface area contributed by atoms with Gasteiger partial charge < -0.3 is 15.1 Å². The van der Waals surface area contributed by atoms with Gasteiger partial charge in [-0.1, -0.05) is 0 Å². The second-order valence-corrected chi connectivity index (χ2v) is 4.76. The summed E-state index contributed by atoms with van der Waals surface area (Å²) in [6, 6.07) is 5.55. The van der Waals surface area contributed by atoms with Crippen LogP contribution in [0.25, 0.3) is 11.1 Å². The molecule has 0 spiro atoms. The molecule has 5 nitrogen and oxygen atoms in total. The molecule has 3 N–H and O–H groups in total. The molecule has 0 unspecified atom stereocenters. The summed E-state index contributed by atoms with van der Waals surface area (Å²) >= 11 is 0. The standard InChI is InChI=1S/C12H17N3O2/c1-12(2,7-13-3)15-8-4-5-10-9(6-8)14-11(16)17-10/h4-6,13,15H,7H2,1-3H3,(H,14,16). The molecule has 0 aliphatic carbocycles. The fraction of sp³-hybridized carbons (Fsp3) is 0.417. The van der Waals surface area contributed by atoms with E-state index in [4.69, 9.17) is 4.42 Å². The first kappa shape index (κ1) is 11.7. The fourth-order valence-electron chi connectivity index (χ4n) is 1.91. The molecular formula is C12H17N3O2. The third kappa shape index (κ3) is 2.68. The topological polar surface area (TPSA) is 70.1 Å². The lowest BCUT2D eigenvalue weighted by atomic mass is 10.1. The summed E-state index contributed by atoms with van der Waals surface area (Å²) in [7, 11) is 1.92. The lowest BCUT2D eigenvalue weighted by Gasteiger charge is -2.27. The van der Waals surface area contributed by atoms with Crippen molar-refractivity contribution in [3.8, 4) is 0 Å². The molecule has 0 aliphatic heterocycles. The van der Waals surface area contributed by atoms with E-state index >= 15 is 0 Å². The quantitative estimate of drug-likeness (QED) is 0.751. The Balaban J connectivity index is 2.27. The van der Waals surface area contributed by atoms with Crippen molar-refractivity contribution >= 4 is 16.8 Å². The van der Waals surface area contributed by atoms with Crippen LogP contribution < -0.4 is 16.4 Å². The van der Waals surface area contributed by atoms with Crippen LogP contribution in [0.15, 0.2) is 27.4 Å². The highest BCUT2D eigenvalue weighted by Crippen LogP contribution is 2.19. The van der Waals surface area contributed by atoms with E-state index in [0.717, 1.165) is 12.2 Å². The van der Waals surface area contributed by atoms with Gasteiger partial charge in [0.05, 0.1) is 5.52 Å². The molecule has 0 bridgehead atoms. The van der Waals surface area contributed by atoms with E-state index in [2.05, 4.69) is 29.5 Å². The first-order chi connectivity index (χ1) is 8.00. The maximum absolute atomic E-state index is 11.0. The average molecular weight is 235 g/mol. The van der Waals surface area contributed by atoms with Gasteiger partial charge >= 0.3 is 5.76 Å². The summed E-state index contributed by atoms with van der Waals surface area (Å²) in [6.45, 7) is 5.05. The number of aromatic nitrogens is 1. The predicted molar refractivity (Wildman–Crippen MR) is 68.5 cm³/mol. The van der Waals surface area contributed by atoms with Gasteiger partial charge in [0, 0.05) is 17.8 Å². The summed E-state index contributed by atoms with van der Waals surface area (Å²) in [5, 5.41) is 6.53. The van der Waals surface area contributed by atoms with Crippen molar-refractivity contribution in [1.82, 2.24) is 10.3 Å². The van der Waals surface area contributed by atoms with Gasteiger partial charge in [0.2, 0.25) is 0 Å². The Morgan fingerprint density at radius 1 is 1.41 bits per heavy atom. The molecule has 0 saturated carbocycles. The molecule has 17 heavy (non-hydrogen) atoms. The Kier molecular flexibility index (Phi) is 2.93. The van der Waals surface area contributed by atoms with E-state index in [1.165, 1.54) is 0 Å². The first-order valence-corrected chi connectivity index (χ1v) is 5.56. The largest absolute Gasteiger partial charge is 0.417 e. The van der Waals surface area contributed by atoms with Crippen LogP contribution in [0.4, 0.5) is 5.69 Å². The van der Waals surface area contributed by atoms with Crippen LogP contribution in [0.1, 0.15) is 13.8 Å². The smallest absolute Gasteiger partial charge is 0.408 e. The number of benzene rings is 1. The number of likely N-dealkylation sites (N-methyl/N-ethyl adjacent to an activating group) is 1. The summed E-state index contributed by atoms with van der Waals surface area (Å²) < 4.78 is 4.95. The number of nitrogens with one attached hydrogen (secondary N) is 3. The van der Waals surface area contributed by atoms with Gasteiger partial charge in [-0.2, -0.15) is 0 Å². The summed E-state index contributed by atoms with van der Waals surface area (Å²) in [5.41, 5.74) is 2.17. The molecule has 0 atom stereocenters. The van der Waals surface area contributed by atoms with E-state index in [0.29, 0.717) is 11.1 Å². The molecule has 1 aromatic carbocycles. The Bertz CT molecular complexity index is 568. The molecule has 0 radical (unpaired) electrons. The number of H-pyrrole nitrogens is 1. The Morgan fingerprint density at radius 2 is 2.18 bits per heavy atom. The molecule has 1 heterocycles. The fourth-order valence-corrected chi connectivity index (χ4v) is 1.91. The Hall–Kier alpha value is -1.75. The maximum atomic E-state index is 11.0. The number of fused-ring (bicyclic) bond motifs is 1. The van der Waals surface area contributed by atoms with Gasteiger partial charge in [0.1, 0.15) is 0 Å². The molecule has 0 amide bonds. The van der Waals surface area contributed by atoms with Crippen molar-refractivity contribution in [2.75, 3.05) is 18.9 Å². The van der Waals surface area contributed by atoms with E-state index in [1.807, 2.05) is 19.2 Å². The number of hydrogen-bond acceptors (Lipinski definition) is 4. The number of hydrogen-bond donors (Lipinski definition) is 3. The van der Waals surface area contributed by atoms with Crippen molar-refractivity contribution in [1.29, 1.82) is 0 Å². The van der Waals surface area contributed by atoms with Crippen molar-refractivity contribution in [3.63, 3.8) is 0 Å². The molecule has 2 rings (SSSR count). The molecule has 5 heteroatoms. The highest BCUT2D eigenvalue weighted by atomic mass is 16.4. The highest BCUT2D eigenvalue weighted by molar-refractivity contribution is 5.77. The average Bonchev–Trinajstić information content (AvgIpc) is 2.56. The highest BCUT2D eigenvalue weighted by Gasteiger charge is 2.16. The SMILES string of the molecule is CNCC(C)(C)Nc1ccc2oc(=O)[nH]c2c1. The van der Waals surface area contributed by atoms with Crippen LogP contribution in [0.3, 0.4) is 0 Å². The number of rotatable bonds is 4. The zero-order valence-electron chi connectivity index (χ0n) is 10.3. The minimum atomic E-state index is -0.424. The monoisotopic (exact) mass is 235 g/mol. The third-order valence-corrected chi connectivity index (χ3v) is 2.52. The van der Waals surface area contributed by atoms with Crippen molar-refractivity contribution in [2.45, 2.75) is 19.4 Å². The van der Waals surface area contributed by atoms with Crippen molar-refractivity contribution < 1.29 is 4.42 Å². The van der Waals surface area contributed by atoms with Gasteiger partial charge in [-0.3, -0.25) is 4.98 Å². The molecule has 0 saturated heterocycles. The molecule has 92 valence electrons. The molecular weight excluding hydrogens is 218 g/mol. The minimum Gasteiger partial charge on any atom is -0.408 e. The molecule has 1 aromatic heterocycles. The van der Waals surface area contributed by atoms with Crippen LogP contribution in [-0.2, 0) is 0 Å². The van der Waals surface area contributed by atoms with E-state index < -0.39 is 5.76 Å². The van der Waals surface area contributed by atoms with Crippen LogP contribution in [0.2, 0.25) is 0 Å². The minimum absolute atomic E-state index is 0.0630. The van der Waals surface area contributed by atoms with E-state index in [1.54, 1.807) is 6.07 Å². The van der Waals surface area contributed by atoms with Crippen LogP contribution in [0, 0.1) is 0 Å². The lowest BCUT2D eigenvalue weighted by molar-refractivity contribution is 0.530. The van der Waals surface area contributed by atoms with Crippen molar-refractivity contribution in [3.05, 3.63) is 28.7 Å². The van der Waals surface area contributed by atoms with Gasteiger partial charge in [0.15, 0.2) is 5.58 Å². The number of aromatic amines is 1.